The highest BCUT2D eigenvalue weighted by Crippen LogP contribution is 2.57. The number of Topliss-reactive ketones (excluding diaryl/α,β-unsaturated/α-hetero) is 1. The van der Waals surface area contributed by atoms with E-state index < -0.39 is 17.6 Å². The zero-order valence-electron chi connectivity index (χ0n) is 25.9. The van der Waals surface area contributed by atoms with Crippen LogP contribution in [0.5, 0.6) is 11.5 Å². The Bertz CT molecular complexity index is 1600. The number of nitrogens with one attached hydrogen (secondary N) is 1. The Hall–Kier alpha value is -3.68. The van der Waals surface area contributed by atoms with E-state index in [4.69, 9.17) is 9.47 Å². The van der Waals surface area contributed by atoms with E-state index in [-0.39, 0.29) is 17.7 Å². The molecule has 44 heavy (non-hydrogen) atoms. The Balaban J connectivity index is 1.07. The van der Waals surface area contributed by atoms with Gasteiger partial charge >= 0.3 is 0 Å². The molecule has 2 fully saturated rings. The molecular formula is C37H42N2O5. The molecule has 3 aromatic carbocycles. The Morgan fingerprint density at radius 1 is 1.11 bits per heavy atom. The molecule has 1 aliphatic heterocycles. The van der Waals surface area contributed by atoms with Gasteiger partial charge in [0.1, 0.15) is 11.5 Å². The lowest BCUT2D eigenvalue weighted by atomic mass is 9.61. The first-order valence-electron chi connectivity index (χ1n) is 16.1. The number of benzene rings is 3. The van der Waals surface area contributed by atoms with Crippen LogP contribution in [0.2, 0.25) is 0 Å². The van der Waals surface area contributed by atoms with Crippen molar-refractivity contribution in [2.45, 2.75) is 76.0 Å². The van der Waals surface area contributed by atoms with Gasteiger partial charge in [-0.05, 0) is 97.5 Å². The van der Waals surface area contributed by atoms with Crippen LogP contribution in [0.25, 0.3) is 11.1 Å². The lowest BCUT2D eigenvalue weighted by molar-refractivity contribution is -0.147. The third kappa shape index (κ3) is 5.00. The highest BCUT2D eigenvalue weighted by molar-refractivity contribution is 5.99. The summed E-state index contributed by atoms with van der Waals surface area (Å²) in [7, 11) is 1.68. The van der Waals surface area contributed by atoms with E-state index >= 15 is 0 Å². The minimum atomic E-state index is -1.05. The fourth-order valence-corrected chi connectivity index (χ4v) is 7.85. The summed E-state index contributed by atoms with van der Waals surface area (Å²) in [6.45, 7) is 6.52. The SMILES string of the molecule is CCN(CC1CC1)[C@@H]1Cc2ccc(C(=O)NCCc3ccc(-c4ccc(OC)c(C)c4)cc3)c3c2C2[C@@H](O3)C(=O)CC[C@]21O. The quantitative estimate of drug-likeness (QED) is 0.334. The van der Waals surface area contributed by atoms with Crippen LogP contribution in [0.4, 0.5) is 0 Å². The summed E-state index contributed by atoms with van der Waals surface area (Å²) >= 11 is 0. The summed E-state index contributed by atoms with van der Waals surface area (Å²) in [5.41, 5.74) is 5.86. The molecule has 230 valence electrons. The van der Waals surface area contributed by atoms with Crippen LogP contribution in [0.1, 0.15) is 71.1 Å². The van der Waals surface area contributed by atoms with Gasteiger partial charge in [0, 0.05) is 31.1 Å². The Labute approximate surface area is 259 Å². The van der Waals surface area contributed by atoms with Gasteiger partial charge in [-0.1, -0.05) is 43.3 Å². The molecule has 0 bridgehead atoms. The second kappa shape index (κ2) is 11.4. The summed E-state index contributed by atoms with van der Waals surface area (Å²) < 4.78 is 11.7. The van der Waals surface area contributed by atoms with E-state index in [1.165, 1.54) is 12.8 Å². The van der Waals surface area contributed by atoms with Crippen molar-refractivity contribution in [3.8, 4) is 22.6 Å². The zero-order chi connectivity index (χ0) is 30.6. The van der Waals surface area contributed by atoms with Crippen LogP contribution in [0.3, 0.4) is 0 Å². The molecule has 1 heterocycles. The van der Waals surface area contributed by atoms with Crippen LogP contribution in [-0.2, 0) is 17.6 Å². The zero-order valence-corrected chi connectivity index (χ0v) is 25.9. The van der Waals surface area contributed by atoms with Gasteiger partial charge in [-0.3, -0.25) is 14.5 Å². The molecule has 7 nitrogen and oxygen atoms in total. The summed E-state index contributed by atoms with van der Waals surface area (Å²) in [6.07, 6.45) is 3.91. The number of ketones is 1. The predicted molar refractivity (Wildman–Crippen MR) is 169 cm³/mol. The van der Waals surface area contributed by atoms with Gasteiger partial charge in [0.05, 0.1) is 24.2 Å². The van der Waals surface area contributed by atoms with Crippen LogP contribution in [0, 0.1) is 12.8 Å². The molecule has 1 amide bonds. The fraction of sp³-hybridized carbons (Fsp3) is 0.459. The number of aliphatic hydroxyl groups is 1. The van der Waals surface area contributed by atoms with Crippen LogP contribution >= 0.6 is 0 Å². The highest BCUT2D eigenvalue weighted by atomic mass is 16.5. The van der Waals surface area contributed by atoms with E-state index in [2.05, 4.69) is 53.5 Å². The second-order valence-electron chi connectivity index (χ2n) is 13.1. The number of methoxy groups -OCH3 is 1. The molecule has 0 radical (unpaired) electrons. The molecule has 3 aliphatic carbocycles. The van der Waals surface area contributed by atoms with E-state index in [0.29, 0.717) is 49.5 Å². The molecule has 7 rings (SSSR count). The number of likely N-dealkylation sites (N-methyl/N-ethyl adjacent to an activating group) is 1. The molecule has 4 atom stereocenters. The van der Waals surface area contributed by atoms with Crippen molar-refractivity contribution in [2.24, 2.45) is 5.92 Å². The average molecular weight is 595 g/mol. The number of carbonyl (C=O) groups excluding carboxylic acids is 2. The predicted octanol–water partition coefficient (Wildman–Crippen LogP) is 5.24. The average Bonchev–Trinajstić information content (AvgIpc) is 3.76. The van der Waals surface area contributed by atoms with Crippen molar-refractivity contribution in [1.29, 1.82) is 0 Å². The van der Waals surface area contributed by atoms with Gasteiger partial charge in [-0.15, -0.1) is 0 Å². The number of hydrogen-bond acceptors (Lipinski definition) is 6. The standard InChI is InChI=1S/C37H42N2O5/c1-4-39(21-24-5-6-24)31-20-27-11-13-28(34-32(27)33-35(44-34)29(40)15-17-37(31,33)42)36(41)38-18-16-23-7-9-25(10-8-23)26-12-14-30(43-3)22(2)19-26/h7-14,19,24,31,33,35,42H,4-6,15-18,20-21H2,1-3H3,(H,38,41)/t31-,33?,35+,37-/m1/s1. The number of nitrogens with zero attached hydrogens (tertiary/aromatic N) is 1. The highest BCUT2D eigenvalue weighted by Gasteiger charge is 2.62. The minimum Gasteiger partial charge on any atom is -0.496 e. The number of rotatable bonds is 10. The first-order valence-corrected chi connectivity index (χ1v) is 16.1. The third-order valence-corrected chi connectivity index (χ3v) is 10.4. The van der Waals surface area contributed by atoms with Crippen LogP contribution in [-0.4, -0.2) is 66.2 Å². The molecule has 0 saturated heterocycles. The minimum absolute atomic E-state index is 0.0207. The monoisotopic (exact) mass is 594 g/mol. The summed E-state index contributed by atoms with van der Waals surface area (Å²) in [5, 5.41) is 15.4. The lowest BCUT2D eigenvalue weighted by Gasteiger charge is -2.52. The Morgan fingerprint density at radius 3 is 2.59 bits per heavy atom. The second-order valence-corrected chi connectivity index (χ2v) is 13.1. The largest absolute Gasteiger partial charge is 0.496 e. The number of ether oxygens (including phenoxy) is 2. The van der Waals surface area contributed by atoms with Crippen molar-refractivity contribution in [3.05, 3.63) is 82.4 Å². The van der Waals surface area contributed by atoms with E-state index in [1.807, 2.05) is 25.1 Å². The molecule has 1 unspecified atom stereocenters. The van der Waals surface area contributed by atoms with Gasteiger partial charge in [0.25, 0.3) is 5.91 Å². The lowest BCUT2D eigenvalue weighted by Crippen LogP contribution is -2.64. The maximum Gasteiger partial charge on any atom is 0.255 e. The molecule has 0 spiro atoms. The number of hydrogen-bond donors (Lipinski definition) is 2. The van der Waals surface area contributed by atoms with E-state index in [0.717, 1.165) is 52.2 Å². The number of carbonyl (C=O) groups is 2. The smallest absolute Gasteiger partial charge is 0.255 e. The van der Waals surface area contributed by atoms with Crippen molar-refractivity contribution in [3.63, 3.8) is 0 Å². The summed E-state index contributed by atoms with van der Waals surface area (Å²) in [5.74, 6) is 1.45. The van der Waals surface area contributed by atoms with Crippen LogP contribution < -0.4 is 14.8 Å². The molecule has 2 N–H and O–H groups in total. The van der Waals surface area contributed by atoms with Crippen molar-refractivity contribution in [1.82, 2.24) is 10.2 Å². The normalized spacial score (nSPS) is 25.0. The van der Waals surface area contributed by atoms with E-state index in [9.17, 15) is 14.7 Å². The molecule has 0 aromatic heterocycles. The fourth-order valence-electron chi connectivity index (χ4n) is 7.85. The van der Waals surface area contributed by atoms with Crippen molar-refractivity contribution < 1.29 is 24.2 Å². The Kier molecular flexibility index (Phi) is 7.50. The van der Waals surface area contributed by atoms with Gasteiger partial charge in [-0.25, -0.2) is 0 Å². The maximum atomic E-state index is 13.5. The molecule has 2 saturated carbocycles. The third-order valence-electron chi connectivity index (χ3n) is 10.4. The topological polar surface area (TPSA) is 88.1 Å². The maximum absolute atomic E-state index is 13.5. The van der Waals surface area contributed by atoms with Crippen molar-refractivity contribution in [2.75, 3.05) is 26.7 Å². The number of aryl methyl sites for hydroxylation is 1. The van der Waals surface area contributed by atoms with Gasteiger partial charge in [0.2, 0.25) is 0 Å². The molecule has 7 heteroatoms. The molecule has 4 aliphatic rings. The summed E-state index contributed by atoms with van der Waals surface area (Å²) in [4.78, 5) is 29.0. The molecule has 3 aromatic rings. The van der Waals surface area contributed by atoms with Gasteiger partial charge < -0.3 is 19.9 Å². The van der Waals surface area contributed by atoms with Crippen LogP contribution in [0.15, 0.2) is 54.6 Å². The summed E-state index contributed by atoms with van der Waals surface area (Å²) in [6, 6.07) is 18.4. The van der Waals surface area contributed by atoms with Gasteiger partial charge in [0.15, 0.2) is 11.9 Å². The Morgan fingerprint density at radius 2 is 1.89 bits per heavy atom. The molecular weight excluding hydrogens is 552 g/mol. The van der Waals surface area contributed by atoms with E-state index in [1.54, 1.807) is 7.11 Å². The first kappa shape index (κ1) is 29.1. The first-order chi connectivity index (χ1) is 21.3. The van der Waals surface area contributed by atoms with Gasteiger partial charge in [-0.2, -0.15) is 0 Å². The van der Waals surface area contributed by atoms with Crippen molar-refractivity contribution >= 4 is 11.7 Å². The number of amides is 1.